The number of aromatic nitrogens is 2. The Kier molecular flexibility index (Phi) is 6.92. The third-order valence-corrected chi connectivity index (χ3v) is 4.65. The number of nitrogens with one attached hydrogen (secondary N) is 1. The minimum Gasteiger partial charge on any atom is -0.382 e. The molecule has 126 valence electrons. The van der Waals surface area contributed by atoms with E-state index in [1.165, 1.54) is 11.8 Å². The first-order chi connectivity index (χ1) is 11.2. The molecule has 23 heavy (non-hydrogen) atoms. The smallest absolute Gasteiger partial charge is 0.233 e. The van der Waals surface area contributed by atoms with Gasteiger partial charge in [-0.05, 0) is 39.3 Å². The maximum atomic E-state index is 12.2. The number of rotatable bonds is 9. The maximum Gasteiger partial charge on any atom is 0.233 e. The Morgan fingerprint density at radius 1 is 1.39 bits per heavy atom. The van der Waals surface area contributed by atoms with E-state index in [0.717, 1.165) is 29.2 Å². The summed E-state index contributed by atoms with van der Waals surface area (Å²) in [5, 5.41) is 3.67. The Bertz CT molecular complexity index is 642. The Hall–Kier alpha value is -1.53. The van der Waals surface area contributed by atoms with Crippen LogP contribution in [0.15, 0.2) is 29.4 Å². The van der Waals surface area contributed by atoms with Crippen molar-refractivity contribution in [1.82, 2.24) is 14.9 Å². The van der Waals surface area contributed by atoms with E-state index < -0.39 is 0 Å². The van der Waals surface area contributed by atoms with Crippen LogP contribution in [0.3, 0.4) is 0 Å². The van der Waals surface area contributed by atoms with Crippen LogP contribution in [0.1, 0.15) is 27.2 Å². The summed E-state index contributed by atoms with van der Waals surface area (Å²) in [6.45, 7) is 8.87. The van der Waals surface area contributed by atoms with Gasteiger partial charge in [0.2, 0.25) is 5.91 Å². The molecule has 0 spiro atoms. The lowest BCUT2D eigenvalue weighted by molar-refractivity contribution is -0.120. The molecule has 0 bridgehead atoms. The van der Waals surface area contributed by atoms with E-state index in [4.69, 9.17) is 4.74 Å². The molecule has 0 saturated heterocycles. The van der Waals surface area contributed by atoms with E-state index in [-0.39, 0.29) is 11.2 Å². The highest BCUT2D eigenvalue weighted by Gasteiger charge is 2.18. The van der Waals surface area contributed by atoms with Crippen molar-refractivity contribution in [2.45, 2.75) is 44.1 Å². The Labute approximate surface area is 141 Å². The molecule has 1 aromatic heterocycles. The highest BCUT2D eigenvalue weighted by Crippen LogP contribution is 2.27. The molecule has 5 nitrogen and oxygen atoms in total. The van der Waals surface area contributed by atoms with Gasteiger partial charge in [0.05, 0.1) is 16.3 Å². The molecule has 1 atom stereocenters. The molecule has 2 aromatic rings. The number of ether oxygens (including phenoxy) is 1. The number of hydrogen-bond donors (Lipinski definition) is 1. The molecule has 2 rings (SSSR count). The molecule has 1 N–H and O–H groups in total. The molecule has 0 saturated carbocycles. The molecule has 0 fully saturated rings. The molecule has 6 heteroatoms. The van der Waals surface area contributed by atoms with Crippen LogP contribution in [0, 0.1) is 0 Å². The van der Waals surface area contributed by atoms with Crippen LogP contribution in [0.5, 0.6) is 0 Å². The minimum absolute atomic E-state index is 0.0428. The molecule has 1 unspecified atom stereocenters. The lowest BCUT2D eigenvalue weighted by Crippen LogP contribution is -2.32. The van der Waals surface area contributed by atoms with Gasteiger partial charge in [0, 0.05) is 26.3 Å². The van der Waals surface area contributed by atoms with Crippen molar-refractivity contribution in [3.63, 3.8) is 0 Å². The van der Waals surface area contributed by atoms with Crippen LogP contribution in [0.25, 0.3) is 11.0 Å². The van der Waals surface area contributed by atoms with Crippen molar-refractivity contribution in [3.05, 3.63) is 24.3 Å². The summed E-state index contributed by atoms with van der Waals surface area (Å²) in [7, 11) is 0. The average molecular weight is 335 g/mol. The van der Waals surface area contributed by atoms with Gasteiger partial charge in [-0.3, -0.25) is 4.79 Å². The maximum absolute atomic E-state index is 12.2. The fraction of sp³-hybridized carbons (Fsp3) is 0.529. The number of para-hydroxylation sites is 2. The second-order valence-corrected chi connectivity index (χ2v) is 6.54. The molecular weight excluding hydrogens is 310 g/mol. The second-order valence-electron chi connectivity index (χ2n) is 5.23. The number of benzene rings is 1. The van der Waals surface area contributed by atoms with Gasteiger partial charge in [-0.2, -0.15) is 0 Å². The van der Waals surface area contributed by atoms with Crippen LogP contribution in [-0.2, 0) is 16.1 Å². The third kappa shape index (κ3) is 4.72. The zero-order chi connectivity index (χ0) is 16.7. The minimum atomic E-state index is -0.177. The summed E-state index contributed by atoms with van der Waals surface area (Å²) in [5.74, 6) is 0.0428. The molecule has 0 aliphatic heterocycles. The molecule has 0 aliphatic rings. The number of carbonyl (C=O) groups excluding carboxylic acids is 1. The standard InChI is InChI=1S/C17H25N3O2S/c1-4-20-15-10-7-6-9-14(15)19-17(20)23-13(3)16(21)18-11-8-12-22-5-2/h6-7,9-10,13H,4-5,8,11-12H2,1-3H3,(H,18,21). The molecular formula is C17H25N3O2S. The number of carbonyl (C=O) groups is 1. The van der Waals surface area contributed by atoms with Crippen molar-refractivity contribution in [2.24, 2.45) is 0 Å². The monoisotopic (exact) mass is 335 g/mol. The van der Waals surface area contributed by atoms with E-state index in [1.807, 2.05) is 32.0 Å². The summed E-state index contributed by atoms with van der Waals surface area (Å²) in [6.07, 6.45) is 0.838. The van der Waals surface area contributed by atoms with Gasteiger partial charge in [0.15, 0.2) is 5.16 Å². The normalized spacial score (nSPS) is 12.5. The van der Waals surface area contributed by atoms with E-state index in [1.54, 1.807) is 0 Å². The number of imidazole rings is 1. The van der Waals surface area contributed by atoms with Crippen LogP contribution in [0.4, 0.5) is 0 Å². The van der Waals surface area contributed by atoms with Crippen molar-refractivity contribution < 1.29 is 9.53 Å². The molecule has 1 aromatic carbocycles. The summed E-state index contributed by atoms with van der Waals surface area (Å²) in [4.78, 5) is 16.8. The number of amides is 1. The molecule has 1 amide bonds. The molecule has 0 aliphatic carbocycles. The fourth-order valence-corrected chi connectivity index (χ4v) is 3.35. The SMILES string of the molecule is CCOCCCNC(=O)C(C)Sc1nc2ccccc2n1CC. The van der Waals surface area contributed by atoms with Crippen LogP contribution >= 0.6 is 11.8 Å². The number of nitrogens with zero attached hydrogens (tertiary/aromatic N) is 2. The van der Waals surface area contributed by atoms with E-state index in [2.05, 4.69) is 27.9 Å². The predicted molar refractivity (Wildman–Crippen MR) is 94.8 cm³/mol. The van der Waals surface area contributed by atoms with Gasteiger partial charge in [-0.1, -0.05) is 23.9 Å². The Balaban J connectivity index is 1.94. The lowest BCUT2D eigenvalue weighted by atomic mass is 10.3. The van der Waals surface area contributed by atoms with Gasteiger partial charge in [0.1, 0.15) is 0 Å². The first-order valence-electron chi connectivity index (χ1n) is 8.14. The Morgan fingerprint density at radius 3 is 2.91 bits per heavy atom. The van der Waals surface area contributed by atoms with Gasteiger partial charge < -0.3 is 14.6 Å². The van der Waals surface area contributed by atoms with Gasteiger partial charge >= 0.3 is 0 Å². The van der Waals surface area contributed by atoms with Crippen molar-refractivity contribution >= 4 is 28.7 Å². The Morgan fingerprint density at radius 2 is 2.17 bits per heavy atom. The van der Waals surface area contributed by atoms with Crippen molar-refractivity contribution in [3.8, 4) is 0 Å². The van der Waals surface area contributed by atoms with Crippen LogP contribution in [-0.4, -0.2) is 40.5 Å². The molecule has 1 heterocycles. The van der Waals surface area contributed by atoms with Crippen LogP contribution < -0.4 is 5.32 Å². The first kappa shape index (κ1) is 17.8. The van der Waals surface area contributed by atoms with Crippen molar-refractivity contribution in [2.75, 3.05) is 19.8 Å². The van der Waals surface area contributed by atoms with Crippen LogP contribution in [0.2, 0.25) is 0 Å². The highest BCUT2D eigenvalue weighted by molar-refractivity contribution is 8.00. The predicted octanol–water partition coefficient (Wildman–Crippen LogP) is 3.08. The number of aryl methyl sites for hydroxylation is 1. The molecule has 0 radical (unpaired) electrons. The number of hydrogen-bond acceptors (Lipinski definition) is 4. The summed E-state index contributed by atoms with van der Waals surface area (Å²) in [5.41, 5.74) is 2.09. The van der Waals surface area contributed by atoms with Gasteiger partial charge in [0.25, 0.3) is 0 Å². The summed E-state index contributed by atoms with van der Waals surface area (Å²) < 4.78 is 7.42. The average Bonchev–Trinajstić information content (AvgIpc) is 2.91. The van der Waals surface area contributed by atoms with E-state index >= 15 is 0 Å². The van der Waals surface area contributed by atoms with E-state index in [0.29, 0.717) is 19.8 Å². The summed E-state index contributed by atoms with van der Waals surface area (Å²) in [6, 6.07) is 8.07. The zero-order valence-electron chi connectivity index (χ0n) is 14.0. The zero-order valence-corrected chi connectivity index (χ0v) is 14.9. The first-order valence-corrected chi connectivity index (χ1v) is 9.02. The summed E-state index contributed by atoms with van der Waals surface area (Å²) >= 11 is 1.51. The fourth-order valence-electron chi connectivity index (χ4n) is 2.33. The number of thioether (sulfide) groups is 1. The topological polar surface area (TPSA) is 56.1 Å². The van der Waals surface area contributed by atoms with Crippen molar-refractivity contribution in [1.29, 1.82) is 0 Å². The van der Waals surface area contributed by atoms with E-state index in [9.17, 15) is 4.79 Å². The third-order valence-electron chi connectivity index (χ3n) is 3.56. The second kappa shape index (κ2) is 8.93. The van der Waals surface area contributed by atoms with Gasteiger partial charge in [-0.15, -0.1) is 0 Å². The quantitative estimate of drug-likeness (QED) is 0.565. The van der Waals surface area contributed by atoms with Gasteiger partial charge in [-0.25, -0.2) is 4.98 Å². The largest absolute Gasteiger partial charge is 0.382 e. The number of fused-ring (bicyclic) bond motifs is 1. The lowest BCUT2D eigenvalue weighted by Gasteiger charge is -2.12. The highest BCUT2D eigenvalue weighted by atomic mass is 32.2.